The second-order valence-electron chi connectivity index (χ2n) is 3.02. The fourth-order valence-electron chi connectivity index (χ4n) is 1.15. The Morgan fingerprint density at radius 1 is 1.40 bits per heavy atom. The highest BCUT2D eigenvalue weighted by Crippen LogP contribution is 2.11. The van der Waals surface area contributed by atoms with Gasteiger partial charge in [0.1, 0.15) is 0 Å². The Labute approximate surface area is 86.3 Å². The van der Waals surface area contributed by atoms with Gasteiger partial charge in [0, 0.05) is 6.54 Å². The fraction of sp³-hybridized carbons (Fsp3) is 0.300. The molecule has 0 fully saturated rings. The number of halogens is 2. The van der Waals surface area contributed by atoms with Gasteiger partial charge in [-0.15, -0.1) is 0 Å². The van der Waals surface area contributed by atoms with Crippen LogP contribution in [0.15, 0.2) is 18.2 Å². The Kier molecular flexibility index (Phi) is 4.17. The van der Waals surface area contributed by atoms with Crippen LogP contribution < -0.4 is 11.1 Å². The number of hydrogen-bond acceptors (Lipinski definition) is 2. The van der Waals surface area contributed by atoms with Crippen LogP contribution in [0.5, 0.6) is 0 Å². The molecule has 1 rings (SSSR count). The second-order valence-corrected chi connectivity index (χ2v) is 3.02. The van der Waals surface area contributed by atoms with E-state index in [9.17, 15) is 13.6 Å². The smallest absolute Gasteiger partial charge is 0.233 e. The van der Waals surface area contributed by atoms with Crippen molar-refractivity contribution in [3.05, 3.63) is 35.4 Å². The molecule has 5 heteroatoms. The van der Waals surface area contributed by atoms with Gasteiger partial charge in [0.25, 0.3) is 0 Å². The van der Waals surface area contributed by atoms with Crippen molar-refractivity contribution in [2.45, 2.75) is 6.42 Å². The van der Waals surface area contributed by atoms with E-state index in [2.05, 4.69) is 5.32 Å². The molecule has 0 spiro atoms. The molecular formula is C10H12F2N2O. The second kappa shape index (κ2) is 5.41. The van der Waals surface area contributed by atoms with Crippen molar-refractivity contribution in [1.82, 2.24) is 5.32 Å². The molecule has 3 N–H and O–H groups in total. The Morgan fingerprint density at radius 2 is 2.13 bits per heavy atom. The third kappa shape index (κ3) is 3.28. The fourth-order valence-corrected chi connectivity index (χ4v) is 1.15. The molecule has 15 heavy (non-hydrogen) atoms. The lowest BCUT2D eigenvalue weighted by Gasteiger charge is -2.05. The van der Waals surface area contributed by atoms with Crippen molar-refractivity contribution in [3.63, 3.8) is 0 Å². The van der Waals surface area contributed by atoms with Gasteiger partial charge in [-0.05, 0) is 18.1 Å². The first-order valence-electron chi connectivity index (χ1n) is 4.55. The summed E-state index contributed by atoms with van der Waals surface area (Å²) in [5.74, 6) is -2.05. The van der Waals surface area contributed by atoms with Gasteiger partial charge in [0.05, 0.1) is 6.54 Å². The van der Waals surface area contributed by atoms with Crippen LogP contribution in [0.1, 0.15) is 5.56 Å². The van der Waals surface area contributed by atoms with Crippen LogP contribution in [0, 0.1) is 11.6 Å². The van der Waals surface area contributed by atoms with Gasteiger partial charge in [-0.25, -0.2) is 8.78 Å². The highest BCUT2D eigenvalue weighted by molar-refractivity contribution is 5.77. The van der Waals surface area contributed by atoms with E-state index >= 15 is 0 Å². The van der Waals surface area contributed by atoms with E-state index in [0.29, 0.717) is 0 Å². The van der Waals surface area contributed by atoms with Gasteiger partial charge >= 0.3 is 0 Å². The number of benzene rings is 1. The number of amides is 1. The lowest BCUT2D eigenvalue weighted by atomic mass is 10.1. The molecule has 0 aliphatic carbocycles. The van der Waals surface area contributed by atoms with Crippen LogP contribution in [0.3, 0.4) is 0 Å². The standard InChI is InChI=1S/C10H12F2N2O/c11-8-3-1-2-7(10(8)12)4-5-14-9(15)6-13/h1-3H,4-6,13H2,(H,14,15). The molecule has 0 bridgehead atoms. The molecule has 3 nitrogen and oxygen atoms in total. The van der Waals surface area contributed by atoms with Crippen molar-refractivity contribution in [1.29, 1.82) is 0 Å². The van der Waals surface area contributed by atoms with Gasteiger partial charge < -0.3 is 11.1 Å². The Hall–Kier alpha value is -1.49. The first-order valence-corrected chi connectivity index (χ1v) is 4.55. The average Bonchev–Trinajstić information content (AvgIpc) is 2.24. The largest absolute Gasteiger partial charge is 0.355 e. The molecule has 0 heterocycles. The van der Waals surface area contributed by atoms with Crippen LogP contribution in [0.4, 0.5) is 8.78 Å². The number of nitrogens with one attached hydrogen (secondary N) is 1. The van der Waals surface area contributed by atoms with Crippen LogP contribution in [-0.4, -0.2) is 19.0 Å². The first kappa shape index (κ1) is 11.6. The third-order valence-corrected chi connectivity index (χ3v) is 1.93. The Balaban J connectivity index is 2.51. The Morgan fingerprint density at radius 3 is 2.80 bits per heavy atom. The van der Waals surface area contributed by atoms with E-state index in [-0.39, 0.29) is 31.0 Å². The van der Waals surface area contributed by atoms with Crippen LogP contribution >= 0.6 is 0 Å². The SMILES string of the molecule is NCC(=O)NCCc1cccc(F)c1F. The van der Waals surface area contributed by atoms with E-state index < -0.39 is 11.6 Å². The summed E-state index contributed by atoms with van der Waals surface area (Å²) in [6.07, 6.45) is 0.245. The normalized spacial score (nSPS) is 10.1. The monoisotopic (exact) mass is 214 g/mol. The summed E-state index contributed by atoms with van der Waals surface area (Å²) < 4.78 is 25.8. The molecule has 0 unspecified atom stereocenters. The van der Waals surface area contributed by atoms with E-state index in [0.717, 1.165) is 6.07 Å². The summed E-state index contributed by atoms with van der Waals surface area (Å²) in [4.78, 5) is 10.7. The predicted octanol–water partition coefficient (Wildman–Crippen LogP) is 0.582. The topological polar surface area (TPSA) is 55.1 Å². The van der Waals surface area contributed by atoms with Crippen molar-refractivity contribution in [2.24, 2.45) is 5.73 Å². The van der Waals surface area contributed by atoms with Crippen LogP contribution in [0.2, 0.25) is 0 Å². The van der Waals surface area contributed by atoms with Gasteiger partial charge in [-0.1, -0.05) is 12.1 Å². The molecule has 0 atom stereocenters. The first-order chi connectivity index (χ1) is 7.15. The van der Waals surface area contributed by atoms with Gasteiger partial charge in [0.2, 0.25) is 5.91 Å². The quantitative estimate of drug-likeness (QED) is 0.770. The van der Waals surface area contributed by atoms with E-state index in [1.54, 1.807) is 0 Å². The van der Waals surface area contributed by atoms with Gasteiger partial charge in [0.15, 0.2) is 11.6 Å². The third-order valence-electron chi connectivity index (χ3n) is 1.93. The van der Waals surface area contributed by atoms with E-state index in [4.69, 9.17) is 5.73 Å². The molecule has 0 saturated heterocycles. The number of nitrogens with two attached hydrogens (primary N) is 1. The maximum atomic E-state index is 13.1. The number of carbonyl (C=O) groups is 1. The minimum atomic E-state index is -0.877. The van der Waals surface area contributed by atoms with Crippen molar-refractivity contribution >= 4 is 5.91 Å². The predicted molar refractivity (Wildman–Crippen MR) is 52.1 cm³/mol. The number of carbonyl (C=O) groups excluding carboxylic acids is 1. The molecule has 1 amide bonds. The highest BCUT2D eigenvalue weighted by Gasteiger charge is 2.07. The Bertz CT molecular complexity index is 355. The lowest BCUT2D eigenvalue weighted by Crippen LogP contribution is -2.31. The lowest BCUT2D eigenvalue weighted by molar-refractivity contribution is -0.119. The molecule has 0 saturated carbocycles. The highest BCUT2D eigenvalue weighted by atomic mass is 19.2. The van der Waals surface area contributed by atoms with Crippen LogP contribution in [-0.2, 0) is 11.2 Å². The van der Waals surface area contributed by atoms with E-state index in [1.807, 2.05) is 0 Å². The molecule has 1 aromatic carbocycles. The molecule has 82 valence electrons. The summed E-state index contributed by atoms with van der Waals surface area (Å²) in [6, 6.07) is 3.96. The molecule has 0 aromatic heterocycles. The molecule has 0 aliphatic heterocycles. The summed E-state index contributed by atoms with van der Waals surface area (Å²) in [7, 11) is 0. The molecular weight excluding hydrogens is 202 g/mol. The minimum Gasteiger partial charge on any atom is -0.355 e. The maximum absolute atomic E-state index is 13.1. The van der Waals surface area contributed by atoms with Crippen molar-refractivity contribution in [2.75, 3.05) is 13.1 Å². The molecule has 0 radical (unpaired) electrons. The van der Waals surface area contributed by atoms with Gasteiger partial charge in [-0.3, -0.25) is 4.79 Å². The van der Waals surface area contributed by atoms with Crippen molar-refractivity contribution in [3.8, 4) is 0 Å². The summed E-state index contributed by atoms with van der Waals surface area (Å²) in [5.41, 5.74) is 5.30. The molecule has 0 aliphatic rings. The van der Waals surface area contributed by atoms with E-state index in [1.165, 1.54) is 12.1 Å². The van der Waals surface area contributed by atoms with Crippen molar-refractivity contribution < 1.29 is 13.6 Å². The number of hydrogen-bond donors (Lipinski definition) is 2. The zero-order chi connectivity index (χ0) is 11.3. The average molecular weight is 214 g/mol. The van der Waals surface area contributed by atoms with Crippen LogP contribution in [0.25, 0.3) is 0 Å². The zero-order valence-electron chi connectivity index (χ0n) is 8.09. The zero-order valence-corrected chi connectivity index (χ0v) is 8.09. The summed E-state index contributed by atoms with van der Waals surface area (Å²) >= 11 is 0. The summed E-state index contributed by atoms with van der Waals surface area (Å²) in [5, 5.41) is 2.47. The molecule has 1 aromatic rings. The van der Waals surface area contributed by atoms with Gasteiger partial charge in [-0.2, -0.15) is 0 Å². The summed E-state index contributed by atoms with van der Waals surface area (Å²) in [6.45, 7) is 0.141. The number of rotatable bonds is 4. The minimum absolute atomic E-state index is 0.106. The maximum Gasteiger partial charge on any atom is 0.233 e.